The summed E-state index contributed by atoms with van der Waals surface area (Å²) in [6.45, 7) is 5.19. The number of hydrogen-bond acceptors (Lipinski definition) is 4. The summed E-state index contributed by atoms with van der Waals surface area (Å²) in [5.74, 6) is -0.199. The first-order chi connectivity index (χ1) is 12.7. The van der Waals surface area contributed by atoms with Crippen molar-refractivity contribution in [2.75, 3.05) is 37.6 Å². The first-order valence-electron chi connectivity index (χ1n) is 9.52. The fourth-order valence-corrected chi connectivity index (χ4v) is 3.88. The highest BCUT2D eigenvalue weighted by molar-refractivity contribution is 5.46. The van der Waals surface area contributed by atoms with Crippen LogP contribution >= 0.6 is 0 Å². The molecular weight excluding hydrogens is 331 g/mol. The van der Waals surface area contributed by atoms with E-state index >= 15 is 0 Å². The van der Waals surface area contributed by atoms with E-state index in [0.29, 0.717) is 6.54 Å². The molecule has 2 heterocycles. The third-order valence-corrected chi connectivity index (χ3v) is 5.47. The van der Waals surface area contributed by atoms with Gasteiger partial charge in [0.05, 0.1) is 12.2 Å². The summed E-state index contributed by atoms with van der Waals surface area (Å²) >= 11 is 0. The van der Waals surface area contributed by atoms with Gasteiger partial charge in [0.1, 0.15) is 5.82 Å². The molecule has 1 aliphatic carbocycles. The summed E-state index contributed by atoms with van der Waals surface area (Å²) in [7, 11) is 0. The lowest BCUT2D eigenvalue weighted by Crippen LogP contribution is -2.47. The first-order valence-corrected chi connectivity index (χ1v) is 9.52. The van der Waals surface area contributed by atoms with Gasteiger partial charge in [-0.1, -0.05) is 0 Å². The van der Waals surface area contributed by atoms with Crippen molar-refractivity contribution >= 4 is 5.69 Å². The smallest absolute Gasteiger partial charge is 0.267 e. The van der Waals surface area contributed by atoms with Gasteiger partial charge in [0.15, 0.2) is 0 Å². The molecule has 26 heavy (non-hydrogen) atoms. The molecule has 4 rings (SSSR count). The lowest BCUT2D eigenvalue weighted by molar-refractivity contribution is 0.242. The largest absolute Gasteiger partial charge is 0.369 e. The number of nitrogens with zero attached hydrogens (tertiary/aromatic N) is 4. The molecule has 0 spiro atoms. The van der Waals surface area contributed by atoms with E-state index in [1.165, 1.54) is 18.6 Å². The third kappa shape index (κ3) is 3.80. The number of aryl methyl sites for hydroxylation is 2. The average molecular weight is 356 g/mol. The standard InChI is InChI=1S/C20H25FN4O/c21-17-5-7-18(8-6-17)24-12-9-23(10-13-24)11-14-25-20(26)15-16-3-1-2-4-19(16)22-25/h5-8,15H,1-4,9-14H2. The van der Waals surface area contributed by atoms with E-state index in [-0.39, 0.29) is 11.4 Å². The molecule has 0 bridgehead atoms. The maximum Gasteiger partial charge on any atom is 0.267 e. The van der Waals surface area contributed by atoms with Gasteiger partial charge >= 0.3 is 0 Å². The van der Waals surface area contributed by atoms with Crippen LogP contribution in [-0.2, 0) is 19.4 Å². The van der Waals surface area contributed by atoms with Gasteiger partial charge in [0.25, 0.3) is 5.56 Å². The van der Waals surface area contributed by atoms with Crippen LogP contribution in [0, 0.1) is 5.82 Å². The molecule has 0 N–H and O–H groups in total. The molecular formula is C20H25FN4O. The second-order valence-corrected chi connectivity index (χ2v) is 7.19. The Morgan fingerprint density at radius 3 is 2.46 bits per heavy atom. The Morgan fingerprint density at radius 1 is 0.962 bits per heavy atom. The van der Waals surface area contributed by atoms with Crippen LogP contribution in [0.2, 0.25) is 0 Å². The normalized spacial score (nSPS) is 18.0. The van der Waals surface area contributed by atoms with Gasteiger partial charge < -0.3 is 4.90 Å². The number of halogens is 1. The minimum atomic E-state index is -0.199. The van der Waals surface area contributed by atoms with E-state index in [2.05, 4.69) is 14.9 Å². The van der Waals surface area contributed by atoms with Gasteiger partial charge in [0.2, 0.25) is 0 Å². The maximum atomic E-state index is 13.1. The predicted molar refractivity (Wildman–Crippen MR) is 100 cm³/mol. The monoisotopic (exact) mass is 356 g/mol. The van der Waals surface area contributed by atoms with Gasteiger partial charge in [-0.05, 0) is 55.5 Å². The molecule has 0 atom stereocenters. The zero-order valence-corrected chi connectivity index (χ0v) is 15.0. The van der Waals surface area contributed by atoms with Crippen molar-refractivity contribution in [2.24, 2.45) is 0 Å². The van der Waals surface area contributed by atoms with E-state index in [0.717, 1.165) is 68.9 Å². The van der Waals surface area contributed by atoms with Crippen molar-refractivity contribution in [2.45, 2.75) is 32.2 Å². The minimum absolute atomic E-state index is 0.0237. The zero-order valence-electron chi connectivity index (χ0n) is 15.0. The van der Waals surface area contributed by atoms with Gasteiger partial charge in [-0.25, -0.2) is 9.07 Å². The first kappa shape index (κ1) is 17.2. The molecule has 1 saturated heterocycles. The predicted octanol–water partition coefficient (Wildman–Crippen LogP) is 2.08. The van der Waals surface area contributed by atoms with Crippen LogP contribution in [0.1, 0.15) is 24.1 Å². The molecule has 0 saturated carbocycles. The van der Waals surface area contributed by atoms with Gasteiger partial charge in [-0.3, -0.25) is 9.69 Å². The highest BCUT2D eigenvalue weighted by Crippen LogP contribution is 2.18. The second-order valence-electron chi connectivity index (χ2n) is 7.19. The molecule has 1 fully saturated rings. The number of rotatable bonds is 4. The van der Waals surface area contributed by atoms with Crippen molar-refractivity contribution in [1.82, 2.24) is 14.7 Å². The Kier molecular flexibility index (Phi) is 5.02. The number of benzene rings is 1. The van der Waals surface area contributed by atoms with Gasteiger partial charge in [0, 0.05) is 44.5 Å². The molecule has 1 aliphatic heterocycles. The molecule has 1 aromatic carbocycles. The minimum Gasteiger partial charge on any atom is -0.369 e. The van der Waals surface area contributed by atoms with Crippen molar-refractivity contribution in [1.29, 1.82) is 0 Å². The molecule has 1 aromatic heterocycles. The van der Waals surface area contributed by atoms with Crippen molar-refractivity contribution < 1.29 is 4.39 Å². The topological polar surface area (TPSA) is 41.4 Å². The summed E-state index contributed by atoms with van der Waals surface area (Å²) in [5.41, 5.74) is 3.34. The summed E-state index contributed by atoms with van der Waals surface area (Å²) < 4.78 is 14.7. The molecule has 138 valence electrons. The van der Waals surface area contributed by atoms with Crippen LogP contribution in [0.4, 0.5) is 10.1 Å². The maximum absolute atomic E-state index is 13.1. The fourth-order valence-electron chi connectivity index (χ4n) is 3.88. The fraction of sp³-hybridized carbons (Fsp3) is 0.500. The van der Waals surface area contributed by atoms with Crippen LogP contribution in [0.15, 0.2) is 35.1 Å². The Labute approximate surface area is 153 Å². The van der Waals surface area contributed by atoms with E-state index < -0.39 is 0 Å². The van der Waals surface area contributed by atoms with E-state index in [4.69, 9.17) is 0 Å². The molecule has 5 nitrogen and oxygen atoms in total. The Bertz CT molecular complexity index is 810. The Balaban J connectivity index is 1.32. The van der Waals surface area contributed by atoms with Gasteiger partial charge in [-0.15, -0.1) is 0 Å². The van der Waals surface area contributed by atoms with Crippen molar-refractivity contribution in [3.8, 4) is 0 Å². The number of hydrogen-bond donors (Lipinski definition) is 0. The number of fused-ring (bicyclic) bond motifs is 1. The molecule has 0 radical (unpaired) electrons. The second kappa shape index (κ2) is 7.58. The summed E-state index contributed by atoms with van der Waals surface area (Å²) in [6.07, 6.45) is 4.32. The lowest BCUT2D eigenvalue weighted by atomic mass is 9.97. The van der Waals surface area contributed by atoms with Crippen molar-refractivity contribution in [3.05, 3.63) is 57.8 Å². The Hall–Kier alpha value is -2.21. The van der Waals surface area contributed by atoms with E-state index in [1.54, 1.807) is 10.7 Å². The third-order valence-electron chi connectivity index (χ3n) is 5.47. The van der Waals surface area contributed by atoms with Crippen molar-refractivity contribution in [3.63, 3.8) is 0 Å². The highest BCUT2D eigenvalue weighted by Gasteiger charge is 2.18. The highest BCUT2D eigenvalue weighted by atomic mass is 19.1. The van der Waals surface area contributed by atoms with Crippen LogP contribution in [0.25, 0.3) is 0 Å². The Morgan fingerprint density at radius 2 is 1.69 bits per heavy atom. The SMILES string of the molecule is O=c1cc2c(nn1CCN1CCN(c3ccc(F)cc3)CC1)CCCC2. The molecule has 2 aliphatic rings. The van der Waals surface area contributed by atoms with Gasteiger partial charge in [-0.2, -0.15) is 5.10 Å². The van der Waals surface area contributed by atoms with Crippen LogP contribution < -0.4 is 10.5 Å². The van der Waals surface area contributed by atoms with E-state index in [9.17, 15) is 9.18 Å². The summed E-state index contributed by atoms with van der Waals surface area (Å²) in [5, 5.41) is 4.60. The summed E-state index contributed by atoms with van der Waals surface area (Å²) in [4.78, 5) is 16.9. The number of piperazine rings is 1. The molecule has 0 unspecified atom stereocenters. The van der Waals surface area contributed by atoms with Crippen LogP contribution in [0.3, 0.4) is 0 Å². The molecule has 0 amide bonds. The molecule has 2 aromatic rings. The summed E-state index contributed by atoms with van der Waals surface area (Å²) in [6, 6.07) is 8.48. The number of aromatic nitrogens is 2. The van der Waals surface area contributed by atoms with Crippen LogP contribution in [-0.4, -0.2) is 47.4 Å². The van der Waals surface area contributed by atoms with Crippen LogP contribution in [0.5, 0.6) is 0 Å². The number of anilines is 1. The zero-order chi connectivity index (χ0) is 17.9. The average Bonchev–Trinajstić information content (AvgIpc) is 2.67. The lowest BCUT2D eigenvalue weighted by Gasteiger charge is -2.36. The quantitative estimate of drug-likeness (QED) is 0.841. The molecule has 6 heteroatoms. The van der Waals surface area contributed by atoms with E-state index in [1.807, 2.05) is 12.1 Å².